The monoisotopic (exact) mass is 261 g/mol. The van der Waals surface area contributed by atoms with E-state index in [1.165, 1.54) is 11.1 Å². The molecule has 18 heavy (non-hydrogen) atoms. The van der Waals surface area contributed by atoms with Gasteiger partial charge in [-0.05, 0) is 17.5 Å². The predicted molar refractivity (Wildman–Crippen MR) is 76.8 cm³/mol. The first-order chi connectivity index (χ1) is 8.52. The zero-order valence-electron chi connectivity index (χ0n) is 11.1. The Morgan fingerprint density at radius 3 is 2.56 bits per heavy atom. The van der Waals surface area contributed by atoms with Crippen molar-refractivity contribution in [2.75, 3.05) is 6.54 Å². The normalized spacial score (nSPS) is 11.8. The summed E-state index contributed by atoms with van der Waals surface area (Å²) < 4.78 is 0. The molecule has 1 aromatic carbocycles. The van der Waals surface area contributed by atoms with Gasteiger partial charge < -0.3 is 5.73 Å². The molecule has 3 nitrogen and oxygen atoms in total. The highest BCUT2D eigenvalue weighted by Crippen LogP contribution is 2.34. The molecule has 0 aliphatic rings. The van der Waals surface area contributed by atoms with E-state index in [-0.39, 0.29) is 5.41 Å². The zero-order chi connectivity index (χ0) is 13.2. The lowest BCUT2D eigenvalue weighted by molar-refractivity contribution is 0.592. The number of nitrogens with two attached hydrogens (primary N) is 1. The van der Waals surface area contributed by atoms with Crippen molar-refractivity contribution >= 4 is 11.3 Å². The molecule has 0 bridgehead atoms. The molecule has 2 aromatic rings. The number of rotatable bonds is 3. The van der Waals surface area contributed by atoms with Gasteiger partial charge >= 0.3 is 0 Å². The summed E-state index contributed by atoms with van der Waals surface area (Å²) in [7, 11) is 0. The first kappa shape index (κ1) is 13.2. The molecule has 1 aromatic heterocycles. The molecule has 0 atom stereocenters. The Balaban J connectivity index is 2.43. The Kier molecular flexibility index (Phi) is 3.78. The minimum atomic E-state index is 0.107. The molecular weight excluding hydrogens is 242 g/mol. The van der Waals surface area contributed by atoms with Crippen molar-refractivity contribution in [2.45, 2.75) is 32.6 Å². The van der Waals surface area contributed by atoms with Crippen molar-refractivity contribution in [3.63, 3.8) is 0 Å². The Labute approximate surface area is 112 Å². The Morgan fingerprint density at radius 2 is 1.89 bits per heavy atom. The number of nitrogens with zero attached hydrogens (tertiary/aromatic N) is 2. The summed E-state index contributed by atoms with van der Waals surface area (Å²) in [5.41, 5.74) is 8.15. The summed E-state index contributed by atoms with van der Waals surface area (Å²) in [4.78, 5) is 0. The van der Waals surface area contributed by atoms with Crippen LogP contribution in [0.25, 0.3) is 10.6 Å². The first-order valence-corrected chi connectivity index (χ1v) is 6.96. The van der Waals surface area contributed by atoms with Crippen molar-refractivity contribution < 1.29 is 0 Å². The molecule has 96 valence electrons. The van der Waals surface area contributed by atoms with Crippen molar-refractivity contribution in [3.8, 4) is 10.6 Å². The molecule has 4 heteroatoms. The van der Waals surface area contributed by atoms with Gasteiger partial charge in [0.1, 0.15) is 10.0 Å². The lowest BCUT2D eigenvalue weighted by atomic mass is 9.84. The van der Waals surface area contributed by atoms with Gasteiger partial charge in [0.2, 0.25) is 0 Å². The van der Waals surface area contributed by atoms with E-state index in [1.54, 1.807) is 11.3 Å². The van der Waals surface area contributed by atoms with E-state index in [1.807, 2.05) is 0 Å². The zero-order valence-corrected chi connectivity index (χ0v) is 11.9. The van der Waals surface area contributed by atoms with Gasteiger partial charge in [0.15, 0.2) is 0 Å². The maximum absolute atomic E-state index is 5.55. The lowest BCUT2D eigenvalue weighted by Crippen LogP contribution is -2.12. The number of aromatic nitrogens is 2. The quantitative estimate of drug-likeness (QED) is 0.924. The Morgan fingerprint density at radius 1 is 1.17 bits per heavy atom. The van der Waals surface area contributed by atoms with Crippen molar-refractivity contribution in [1.29, 1.82) is 0 Å². The minimum absolute atomic E-state index is 0.107. The van der Waals surface area contributed by atoms with Crippen LogP contribution in [0.5, 0.6) is 0 Å². The van der Waals surface area contributed by atoms with Crippen molar-refractivity contribution in [2.24, 2.45) is 5.73 Å². The van der Waals surface area contributed by atoms with Gasteiger partial charge in [-0.3, -0.25) is 0 Å². The first-order valence-electron chi connectivity index (χ1n) is 6.14. The average Bonchev–Trinajstić information content (AvgIpc) is 2.77. The highest BCUT2D eigenvalue weighted by Gasteiger charge is 2.20. The van der Waals surface area contributed by atoms with Gasteiger partial charge in [0.25, 0.3) is 0 Å². The van der Waals surface area contributed by atoms with E-state index < -0.39 is 0 Å². The molecule has 1 heterocycles. The summed E-state index contributed by atoms with van der Waals surface area (Å²) in [5.74, 6) is 0. The van der Waals surface area contributed by atoms with Crippen LogP contribution in [0.2, 0.25) is 0 Å². The molecule has 0 aliphatic heterocycles. The largest absolute Gasteiger partial charge is 0.330 e. The summed E-state index contributed by atoms with van der Waals surface area (Å²) in [5, 5.41) is 10.5. The third-order valence-electron chi connectivity index (χ3n) is 2.79. The van der Waals surface area contributed by atoms with Crippen LogP contribution in [0.3, 0.4) is 0 Å². The SMILES string of the molecule is CC(C)(C)c1ccccc1-c1nnc(CCN)s1. The minimum Gasteiger partial charge on any atom is -0.330 e. The van der Waals surface area contributed by atoms with Crippen molar-refractivity contribution in [3.05, 3.63) is 34.8 Å². The molecule has 0 saturated heterocycles. The molecule has 2 rings (SSSR count). The standard InChI is InChI=1S/C14H19N3S/c1-14(2,3)11-7-5-4-6-10(11)13-17-16-12(18-13)8-9-15/h4-7H,8-9,15H2,1-3H3. The van der Waals surface area contributed by atoms with Crippen molar-refractivity contribution in [1.82, 2.24) is 10.2 Å². The summed E-state index contributed by atoms with van der Waals surface area (Å²) >= 11 is 1.64. The Bertz CT molecular complexity index is 526. The molecule has 0 radical (unpaired) electrons. The highest BCUT2D eigenvalue weighted by molar-refractivity contribution is 7.14. The van der Waals surface area contributed by atoms with Crippen LogP contribution < -0.4 is 5.73 Å². The van der Waals surface area contributed by atoms with Crippen LogP contribution in [-0.4, -0.2) is 16.7 Å². The van der Waals surface area contributed by atoms with Crippen LogP contribution in [0.1, 0.15) is 31.3 Å². The maximum atomic E-state index is 5.55. The lowest BCUT2D eigenvalue weighted by Gasteiger charge is -2.21. The van der Waals surface area contributed by atoms with E-state index in [0.29, 0.717) is 6.54 Å². The molecule has 0 fully saturated rings. The summed E-state index contributed by atoms with van der Waals surface area (Å²) in [6, 6.07) is 8.41. The maximum Gasteiger partial charge on any atom is 0.148 e. The van der Waals surface area contributed by atoms with Crippen LogP contribution in [0, 0.1) is 0 Å². The number of hydrogen-bond donors (Lipinski definition) is 1. The third-order valence-corrected chi connectivity index (χ3v) is 3.81. The molecule has 0 spiro atoms. The molecule has 2 N–H and O–H groups in total. The van der Waals surface area contributed by atoms with Gasteiger partial charge in [0, 0.05) is 12.0 Å². The van der Waals surface area contributed by atoms with Crippen LogP contribution in [0.4, 0.5) is 0 Å². The smallest absolute Gasteiger partial charge is 0.148 e. The van der Waals surface area contributed by atoms with E-state index in [4.69, 9.17) is 5.73 Å². The third kappa shape index (κ3) is 2.76. The van der Waals surface area contributed by atoms with Gasteiger partial charge in [-0.15, -0.1) is 10.2 Å². The fourth-order valence-electron chi connectivity index (χ4n) is 1.91. The van der Waals surface area contributed by atoms with Crippen LogP contribution in [-0.2, 0) is 11.8 Å². The summed E-state index contributed by atoms with van der Waals surface area (Å²) in [6.45, 7) is 7.27. The molecular formula is C14H19N3S. The van der Waals surface area contributed by atoms with Gasteiger partial charge in [0.05, 0.1) is 0 Å². The second-order valence-electron chi connectivity index (χ2n) is 5.34. The molecule has 0 saturated carbocycles. The van der Waals surface area contributed by atoms with Gasteiger partial charge in [-0.1, -0.05) is 56.4 Å². The fourth-order valence-corrected chi connectivity index (χ4v) is 2.80. The fraction of sp³-hybridized carbons (Fsp3) is 0.429. The second-order valence-corrected chi connectivity index (χ2v) is 6.40. The predicted octanol–water partition coefficient (Wildman–Crippen LogP) is 3.00. The van der Waals surface area contributed by atoms with Gasteiger partial charge in [-0.2, -0.15) is 0 Å². The molecule has 0 aliphatic carbocycles. The van der Waals surface area contributed by atoms with Crippen LogP contribution >= 0.6 is 11.3 Å². The average molecular weight is 261 g/mol. The van der Waals surface area contributed by atoms with E-state index in [2.05, 4.69) is 55.2 Å². The number of benzene rings is 1. The second kappa shape index (κ2) is 5.16. The van der Waals surface area contributed by atoms with E-state index in [9.17, 15) is 0 Å². The topological polar surface area (TPSA) is 51.8 Å². The van der Waals surface area contributed by atoms with E-state index >= 15 is 0 Å². The van der Waals surface area contributed by atoms with Gasteiger partial charge in [-0.25, -0.2) is 0 Å². The Hall–Kier alpha value is -1.26. The molecule has 0 amide bonds. The van der Waals surface area contributed by atoms with E-state index in [0.717, 1.165) is 16.4 Å². The molecule has 0 unspecified atom stereocenters. The highest BCUT2D eigenvalue weighted by atomic mass is 32.1. The number of hydrogen-bond acceptors (Lipinski definition) is 4. The summed E-state index contributed by atoms with van der Waals surface area (Å²) in [6.07, 6.45) is 0.801. The van der Waals surface area contributed by atoms with Crippen LogP contribution in [0.15, 0.2) is 24.3 Å².